The highest BCUT2D eigenvalue weighted by molar-refractivity contribution is 6.08. The third-order valence-corrected chi connectivity index (χ3v) is 5.64. The maximum absolute atomic E-state index is 13.2. The van der Waals surface area contributed by atoms with Gasteiger partial charge in [0, 0.05) is 31.9 Å². The monoisotopic (exact) mass is 383 g/mol. The molecule has 1 aliphatic carbocycles. The summed E-state index contributed by atoms with van der Waals surface area (Å²) in [5.41, 5.74) is 0.910. The zero-order chi connectivity index (χ0) is 20.3. The second kappa shape index (κ2) is 8.67. The number of likely N-dealkylation sites (tertiary alicyclic amines) is 1. The summed E-state index contributed by atoms with van der Waals surface area (Å²) in [5, 5.41) is 0. The minimum absolute atomic E-state index is 0.169. The number of pyridine rings is 1. The van der Waals surface area contributed by atoms with Crippen LogP contribution in [0.3, 0.4) is 0 Å². The zero-order valence-corrected chi connectivity index (χ0v) is 16.9. The number of hydrogen-bond acceptors (Lipinski definition) is 4. The van der Waals surface area contributed by atoms with Crippen molar-refractivity contribution in [2.24, 2.45) is 17.8 Å². The lowest BCUT2D eigenvalue weighted by molar-refractivity contribution is -0.151. The van der Waals surface area contributed by atoms with Crippen LogP contribution in [0.25, 0.3) is 0 Å². The highest BCUT2D eigenvalue weighted by Crippen LogP contribution is 2.37. The van der Waals surface area contributed by atoms with Crippen LogP contribution in [0.1, 0.15) is 38.8 Å². The number of carbonyl (C=O) groups is 3. The van der Waals surface area contributed by atoms with Gasteiger partial charge in [-0.05, 0) is 37.3 Å². The molecule has 1 aliphatic heterocycles. The van der Waals surface area contributed by atoms with Crippen LogP contribution in [0.5, 0.6) is 0 Å². The number of fused-ring (bicyclic) bond motifs is 1. The first-order chi connectivity index (χ1) is 13.4. The summed E-state index contributed by atoms with van der Waals surface area (Å²) in [7, 11) is 1.73. The van der Waals surface area contributed by atoms with E-state index >= 15 is 0 Å². The highest BCUT2D eigenvalue weighted by Gasteiger charge is 2.51. The van der Waals surface area contributed by atoms with Crippen LogP contribution >= 0.6 is 0 Å². The lowest BCUT2D eigenvalue weighted by Gasteiger charge is -2.31. The quantitative estimate of drug-likeness (QED) is 0.536. The van der Waals surface area contributed by atoms with Gasteiger partial charge < -0.3 is 4.90 Å². The molecular formula is C22H29N3O3. The van der Waals surface area contributed by atoms with Gasteiger partial charge in [0.25, 0.3) is 0 Å². The highest BCUT2D eigenvalue weighted by atomic mass is 16.2. The second-order valence-corrected chi connectivity index (χ2v) is 8.18. The van der Waals surface area contributed by atoms with E-state index in [1.54, 1.807) is 18.1 Å². The third kappa shape index (κ3) is 4.16. The van der Waals surface area contributed by atoms with Gasteiger partial charge in [0.1, 0.15) is 6.04 Å². The van der Waals surface area contributed by atoms with E-state index in [0.29, 0.717) is 32.2 Å². The van der Waals surface area contributed by atoms with E-state index < -0.39 is 6.04 Å². The number of rotatable bonds is 7. The fourth-order valence-electron chi connectivity index (χ4n) is 4.09. The zero-order valence-electron chi connectivity index (χ0n) is 16.9. The average molecular weight is 383 g/mol. The van der Waals surface area contributed by atoms with Crippen LogP contribution in [0.4, 0.5) is 0 Å². The molecule has 3 amide bonds. The molecule has 1 fully saturated rings. The molecule has 1 aromatic heterocycles. The molecule has 3 atom stereocenters. The fraction of sp³-hybridized carbons (Fsp3) is 0.545. The molecule has 150 valence electrons. The van der Waals surface area contributed by atoms with Crippen molar-refractivity contribution in [3.63, 3.8) is 0 Å². The molecule has 6 heteroatoms. The van der Waals surface area contributed by atoms with E-state index in [4.69, 9.17) is 0 Å². The van der Waals surface area contributed by atoms with Crippen molar-refractivity contribution in [3.05, 3.63) is 42.2 Å². The molecule has 3 unspecified atom stereocenters. The summed E-state index contributed by atoms with van der Waals surface area (Å²) in [6, 6.07) is 4.98. The van der Waals surface area contributed by atoms with Gasteiger partial charge in [-0.25, -0.2) is 0 Å². The third-order valence-electron chi connectivity index (χ3n) is 5.64. The van der Waals surface area contributed by atoms with Crippen LogP contribution in [0, 0.1) is 17.8 Å². The lowest BCUT2D eigenvalue weighted by atomic mass is 9.85. The molecule has 1 saturated heterocycles. The van der Waals surface area contributed by atoms with Crippen molar-refractivity contribution in [2.75, 3.05) is 13.6 Å². The van der Waals surface area contributed by atoms with Gasteiger partial charge in [0.2, 0.25) is 17.7 Å². The first kappa shape index (κ1) is 20.2. The summed E-state index contributed by atoms with van der Waals surface area (Å²) in [5.74, 6) is -0.956. The predicted octanol–water partition coefficient (Wildman–Crippen LogP) is 2.45. The Labute approximate surface area is 166 Å². The van der Waals surface area contributed by atoms with Gasteiger partial charge in [-0.2, -0.15) is 0 Å². The Morgan fingerprint density at radius 2 is 1.82 bits per heavy atom. The predicted molar refractivity (Wildman–Crippen MR) is 106 cm³/mol. The average Bonchev–Trinajstić information content (AvgIpc) is 2.95. The molecule has 2 aliphatic rings. The second-order valence-electron chi connectivity index (χ2n) is 8.18. The number of aromatic nitrogens is 1. The number of amides is 3. The summed E-state index contributed by atoms with van der Waals surface area (Å²) in [6.45, 7) is 4.51. The van der Waals surface area contributed by atoms with Gasteiger partial charge in [0.15, 0.2) is 0 Å². The Balaban J connectivity index is 1.74. The van der Waals surface area contributed by atoms with Crippen molar-refractivity contribution < 1.29 is 14.4 Å². The minimum atomic E-state index is -0.723. The molecule has 2 heterocycles. The Morgan fingerprint density at radius 1 is 1.18 bits per heavy atom. The summed E-state index contributed by atoms with van der Waals surface area (Å²) in [4.78, 5) is 46.4. The lowest BCUT2D eigenvalue weighted by Crippen LogP contribution is -2.51. The number of carbonyl (C=O) groups excluding carboxylic acids is 3. The summed E-state index contributed by atoms with van der Waals surface area (Å²) >= 11 is 0. The molecule has 0 radical (unpaired) electrons. The Bertz CT molecular complexity index is 734. The molecule has 0 spiro atoms. The van der Waals surface area contributed by atoms with E-state index in [2.05, 4.69) is 4.98 Å². The van der Waals surface area contributed by atoms with Crippen LogP contribution in [-0.4, -0.2) is 52.1 Å². The Hall–Kier alpha value is -2.50. The first-order valence-corrected chi connectivity index (χ1v) is 10.1. The molecule has 1 aromatic rings. The Morgan fingerprint density at radius 3 is 2.36 bits per heavy atom. The molecule has 0 bridgehead atoms. The first-order valence-electron chi connectivity index (χ1n) is 10.1. The molecule has 0 aromatic carbocycles. The van der Waals surface area contributed by atoms with Crippen molar-refractivity contribution in [1.82, 2.24) is 14.8 Å². The smallest absolute Gasteiger partial charge is 0.245 e. The van der Waals surface area contributed by atoms with Crippen molar-refractivity contribution >= 4 is 17.7 Å². The number of imide groups is 1. The van der Waals surface area contributed by atoms with Gasteiger partial charge >= 0.3 is 0 Å². The number of likely N-dealkylation sites (N-methyl/N-ethyl adjacent to an activating group) is 1. The maximum atomic E-state index is 13.2. The molecule has 6 nitrogen and oxygen atoms in total. The van der Waals surface area contributed by atoms with E-state index in [9.17, 15) is 14.4 Å². The molecular weight excluding hydrogens is 354 g/mol. The van der Waals surface area contributed by atoms with Crippen molar-refractivity contribution in [1.29, 1.82) is 0 Å². The van der Waals surface area contributed by atoms with Gasteiger partial charge in [0.05, 0.1) is 11.8 Å². The van der Waals surface area contributed by atoms with E-state index in [1.807, 2.05) is 44.2 Å². The molecule has 28 heavy (non-hydrogen) atoms. The summed E-state index contributed by atoms with van der Waals surface area (Å²) in [6.07, 6.45) is 7.96. The van der Waals surface area contributed by atoms with Crippen molar-refractivity contribution in [2.45, 2.75) is 45.6 Å². The van der Waals surface area contributed by atoms with Crippen LogP contribution in [-0.2, 0) is 20.8 Å². The summed E-state index contributed by atoms with van der Waals surface area (Å²) < 4.78 is 0. The van der Waals surface area contributed by atoms with Crippen molar-refractivity contribution in [3.8, 4) is 0 Å². The van der Waals surface area contributed by atoms with Gasteiger partial charge in [-0.1, -0.05) is 32.1 Å². The number of hydrogen-bond donors (Lipinski definition) is 0. The number of nitrogens with zero attached hydrogens (tertiary/aromatic N) is 3. The standard InChI is InChI=1S/C22H29N3O3/c1-15(2)14-19(22(28)24(3)13-11-16-8-6-7-12-23-16)25-20(26)17-9-4-5-10-18(17)21(25)27/h4-8,12,15,17-19H,9-11,13-14H2,1-3H3. The minimum Gasteiger partial charge on any atom is -0.344 e. The Kier molecular flexibility index (Phi) is 6.27. The maximum Gasteiger partial charge on any atom is 0.245 e. The van der Waals surface area contributed by atoms with Crippen LogP contribution in [0.2, 0.25) is 0 Å². The van der Waals surface area contributed by atoms with E-state index in [0.717, 1.165) is 5.69 Å². The molecule has 3 rings (SSSR count). The normalized spacial score (nSPS) is 22.5. The molecule has 0 saturated carbocycles. The van der Waals surface area contributed by atoms with Crippen LogP contribution in [0.15, 0.2) is 36.5 Å². The van der Waals surface area contributed by atoms with Gasteiger partial charge in [-0.3, -0.25) is 24.3 Å². The number of allylic oxidation sites excluding steroid dienone is 2. The largest absolute Gasteiger partial charge is 0.344 e. The topological polar surface area (TPSA) is 70.6 Å². The van der Waals surface area contributed by atoms with Crippen LogP contribution < -0.4 is 0 Å². The SMILES string of the molecule is CC(C)CC(C(=O)N(C)CCc1ccccn1)N1C(=O)C2CC=CCC2C1=O. The van der Waals surface area contributed by atoms with E-state index in [1.165, 1.54) is 4.90 Å². The van der Waals surface area contributed by atoms with E-state index in [-0.39, 0.29) is 35.5 Å². The van der Waals surface area contributed by atoms with Gasteiger partial charge in [-0.15, -0.1) is 0 Å². The molecule has 0 N–H and O–H groups in total. The fourth-order valence-corrected chi connectivity index (χ4v) is 4.09.